The Morgan fingerprint density at radius 3 is 2.76 bits per heavy atom. The van der Waals surface area contributed by atoms with Gasteiger partial charge in [-0.05, 0) is 30.0 Å². The molecule has 0 saturated heterocycles. The average Bonchev–Trinajstić information content (AvgIpc) is 2.32. The van der Waals surface area contributed by atoms with E-state index in [0.717, 1.165) is 0 Å². The molecule has 0 aromatic carbocycles. The summed E-state index contributed by atoms with van der Waals surface area (Å²) in [4.78, 5) is 22.6. The summed E-state index contributed by atoms with van der Waals surface area (Å²) in [5.74, 6) is -1.08. The van der Waals surface area contributed by atoms with E-state index in [1.54, 1.807) is 12.1 Å². The third-order valence-electron chi connectivity index (χ3n) is 1.75. The van der Waals surface area contributed by atoms with Crippen LogP contribution < -0.4 is 0 Å². The molecule has 0 aliphatic rings. The Kier molecular flexibility index (Phi) is 3.55. The summed E-state index contributed by atoms with van der Waals surface area (Å²) in [6, 6.07) is 4.74. The smallest absolute Gasteiger partial charge is 0.354 e. The predicted molar refractivity (Wildman–Crippen MR) is 62.4 cm³/mol. The second-order valence-electron chi connectivity index (χ2n) is 2.95. The first kappa shape index (κ1) is 11.8. The second-order valence-corrected chi connectivity index (χ2v) is 4.37. The van der Waals surface area contributed by atoms with Gasteiger partial charge in [0, 0.05) is 12.4 Å². The van der Waals surface area contributed by atoms with Gasteiger partial charge in [0.1, 0.15) is 5.03 Å². The molecule has 7 heteroatoms. The van der Waals surface area contributed by atoms with Crippen molar-refractivity contribution in [2.45, 2.75) is 10.2 Å². The summed E-state index contributed by atoms with van der Waals surface area (Å²) in [5.41, 5.74) is -0.0449. The van der Waals surface area contributed by atoms with Crippen molar-refractivity contribution >= 4 is 29.3 Å². The molecule has 2 rings (SSSR count). The van der Waals surface area contributed by atoms with E-state index in [9.17, 15) is 4.79 Å². The topological polar surface area (TPSA) is 76.0 Å². The van der Waals surface area contributed by atoms with Gasteiger partial charge >= 0.3 is 5.97 Å². The van der Waals surface area contributed by atoms with E-state index < -0.39 is 5.97 Å². The Balaban J connectivity index is 2.21. The van der Waals surface area contributed by atoms with E-state index in [0.29, 0.717) is 15.2 Å². The van der Waals surface area contributed by atoms with Gasteiger partial charge in [0.2, 0.25) is 0 Å². The van der Waals surface area contributed by atoms with E-state index in [4.69, 9.17) is 16.7 Å². The quantitative estimate of drug-likeness (QED) is 0.861. The molecule has 0 bridgehead atoms. The van der Waals surface area contributed by atoms with E-state index in [2.05, 4.69) is 15.0 Å². The fraction of sp³-hybridized carbons (Fsp3) is 0. The zero-order valence-electron chi connectivity index (χ0n) is 8.37. The fourth-order valence-corrected chi connectivity index (χ4v) is 1.82. The molecule has 0 aliphatic carbocycles. The monoisotopic (exact) mass is 267 g/mol. The minimum Gasteiger partial charge on any atom is -0.477 e. The molecule has 86 valence electrons. The fourth-order valence-electron chi connectivity index (χ4n) is 1.03. The van der Waals surface area contributed by atoms with Gasteiger partial charge in [-0.15, -0.1) is 0 Å². The van der Waals surface area contributed by atoms with Crippen LogP contribution in [0.15, 0.2) is 40.8 Å². The van der Waals surface area contributed by atoms with Crippen LogP contribution in [0.3, 0.4) is 0 Å². The first-order chi connectivity index (χ1) is 8.15. The minimum atomic E-state index is -1.08. The Morgan fingerprint density at radius 1 is 1.29 bits per heavy atom. The summed E-state index contributed by atoms with van der Waals surface area (Å²) in [6.07, 6.45) is 2.90. The van der Waals surface area contributed by atoms with Crippen LogP contribution in [0.4, 0.5) is 0 Å². The summed E-state index contributed by atoms with van der Waals surface area (Å²) < 4.78 is 0. The van der Waals surface area contributed by atoms with Crippen molar-refractivity contribution in [1.82, 2.24) is 15.0 Å². The zero-order chi connectivity index (χ0) is 12.3. The molecule has 0 unspecified atom stereocenters. The third kappa shape index (κ3) is 3.15. The van der Waals surface area contributed by atoms with Crippen LogP contribution in [-0.2, 0) is 0 Å². The maximum Gasteiger partial charge on any atom is 0.354 e. The number of carboxylic acid groups (broad SMARTS) is 1. The molecule has 0 saturated carbocycles. The van der Waals surface area contributed by atoms with Gasteiger partial charge in [-0.25, -0.2) is 19.7 Å². The van der Waals surface area contributed by atoms with Crippen LogP contribution in [0.1, 0.15) is 10.5 Å². The molecular weight excluding hydrogens is 262 g/mol. The SMILES string of the molecule is O=C(O)c1ccnc(Sc2ccc(Cl)cn2)n1. The van der Waals surface area contributed by atoms with Gasteiger partial charge in [-0.3, -0.25) is 0 Å². The number of hydrogen-bond acceptors (Lipinski definition) is 5. The molecule has 0 spiro atoms. The molecule has 17 heavy (non-hydrogen) atoms. The van der Waals surface area contributed by atoms with Crippen molar-refractivity contribution in [3.63, 3.8) is 0 Å². The van der Waals surface area contributed by atoms with E-state index >= 15 is 0 Å². The molecule has 0 radical (unpaired) electrons. The summed E-state index contributed by atoms with van der Waals surface area (Å²) in [5, 5.41) is 10.3. The van der Waals surface area contributed by atoms with Crippen LogP contribution in [-0.4, -0.2) is 26.0 Å². The van der Waals surface area contributed by atoms with E-state index in [1.165, 1.54) is 30.2 Å². The molecule has 0 amide bonds. The van der Waals surface area contributed by atoms with Gasteiger partial charge in [0.15, 0.2) is 10.9 Å². The first-order valence-electron chi connectivity index (χ1n) is 4.51. The molecule has 0 atom stereocenters. The van der Waals surface area contributed by atoms with Crippen LogP contribution in [0.2, 0.25) is 5.02 Å². The van der Waals surface area contributed by atoms with Crippen LogP contribution in [0.5, 0.6) is 0 Å². The predicted octanol–water partition coefficient (Wildman–Crippen LogP) is 2.37. The van der Waals surface area contributed by atoms with Crippen LogP contribution in [0, 0.1) is 0 Å². The summed E-state index contributed by atoms with van der Waals surface area (Å²) >= 11 is 6.87. The molecule has 2 heterocycles. The number of aromatic carboxylic acids is 1. The largest absolute Gasteiger partial charge is 0.477 e. The van der Waals surface area contributed by atoms with Gasteiger partial charge in [-0.2, -0.15) is 0 Å². The maximum atomic E-state index is 10.7. The lowest BCUT2D eigenvalue weighted by Crippen LogP contribution is -2.01. The summed E-state index contributed by atoms with van der Waals surface area (Å²) in [6.45, 7) is 0. The van der Waals surface area contributed by atoms with Crippen molar-refractivity contribution in [1.29, 1.82) is 0 Å². The van der Waals surface area contributed by atoms with Gasteiger partial charge in [0.05, 0.1) is 5.02 Å². The standard InChI is InChI=1S/C10H6ClN3O2S/c11-6-1-2-8(13-5-6)17-10-12-4-3-7(14-10)9(15)16/h1-5H,(H,15,16). The van der Waals surface area contributed by atoms with Crippen LogP contribution in [0.25, 0.3) is 0 Å². The van der Waals surface area contributed by atoms with Crippen molar-refractivity contribution < 1.29 is 9.90 Å². The molecule has 0 fully saturated rings. The number of carboxylic acids is 1. The van der Waals surface area contributed by atoms with Crippen molar-refractivity contribution in [2.24, 2.45) is 0 Å². The van der Waals surface area contributed by atoms with Crippen molar-refractivity contribution in [3.05, 3.63) is 41.3 Å². The number of pyridine rings is 1. The first-order valence-corrected chi connectivity index (χ1v) is 5.70. The number of carbonyl (C=O) groups is 1. The highest BCUT2D eigenvalue weighted by atomic mass is 35.5. The molecule has 2 aromatic rings. The number of aromatic nitrogens is 3. The highest BCUT2D eigenvalue weighted by Crippen LogP contribution is 2.23. The van der Waals surface area contributed by atoms with Gasteiger partial charge < -0.3 is 5.11 Å². The molecule has 2 aromatic heterocycles. The van der Waals surface area contributed by atoms with E-state index in [-0.39, 0.29) is 5.69 Å². The lowest BCUT2D eigenvalue weighted by atomic mass is 10.4. The summed E-state index contributed by atoms with van der Waals surface area (Å²) in [7, 11) is 0. The highest BCUT2D eigenvalue weighted by Gasteiger charge is 2.07. The molecule has 5 nitrogen and oxygen atoms in total. The lowest BCUT2D eigenvalue weighted by Gasteiger charge is -2.00. The second kappa shape index (κ2) is 5.11. The Bertz CT molecular complexity index is 548. The van der Waals surface area contributed by atoms with Crippen LogP contribution >= 0.6 is 23.4 Å². The number of halogens is 1. The van der Waals surface area contributed by atoms with Gasteiger partial charge in [0.25, 0.3) is 0 Å². The average molecular weight is 268 g/mol. The number of hydrogen-bond donors (Lipinski definition) is 1. The number of rotatable bonds is 3. The van der Waals surface area contributed by atoms with Crippen molar-refractivity contribution in [2.75, 3.05) is 0 Å². The highest BCUT2D eigenvalue weighted by molar-refractivity contribution is 7.99. The Morgan fingerprint density at radius 2 is 2.12 bits per heavy atom. The number of nitrogens with zero attached hydrogens (tertiary/aromatic N) is 3. The third-order valence-corrected chi connectivity index (χ3v) is 2.80. The Hall–Kier alpha value is -1.66. The lowest BCUT2D eigenvalue weighted by molar-refractivity contribution is 0.0689. The molecule has 0 aliphatic heterocycles. The molecule has 1 N–H and O–H groups in total. The van der Waals surface area contributed by atoms with E-state index in [1.807, 2.05) is 0 Å². The zero-order valence-corrected chi connectivity index (χ0v) is 9.94. The Labute approximate surface area is 106 Å². The normalized spacial score (nSPS) is 10.2. The van der Waals surface area contributed by atoms with Gasteiger partial charge in [-0.1, -0.05) is 11.6 Å². The maximum absolute atomic E-state index is 10.7. The van der Waals surface area contributed by atoms with Crippen molar-refractivity contribution in [3.8, 4) is 0 Å². The minimum absolute atomic E-state index is 0.0449. The molecular formula is C10H6ClN3O2S.